The number of aryl methyl sites for hydroxylation is 1. The van der Waals surface area contributed by atoms with Gasteiger partial charge in [0.15, 0.2) is 17.2 Å². The Labute approximate surface area is 285 Å². The first-order chi connectivity index (χ1) is 23.8. The Balaban J connectivity index is 0.000000764. The van der Waals surface area contributed by atoms with Crippen LogP contribution in [0.2, 0.25) is 0 Å². The summed E-state index contributed by atoms with van der Waals surface area (Å²) in [5.41, 5.74) is 4.76. The molecule has 0 spiro atoms. The summed E-state index contributed by atoms with van der Waals surface area (Å²) in [6.45, 7) is 4.11. The number of benzene rings is 2. The molecule has 2 aromatic carbocycles. The van der Waals surface area contributed by atoms with Crippen molar-refractivity contribution >= 4 is 40.9 Å². The number of amides is 1. The second kappa shape index (κ2) is 18.7. The molecule has 0 aliphatic carbocycles. The van der Waals surface area contributed by atoms with Gasteiger partial charge in [0.05, 0.1) is 12.5 Å². The number of carbonyl (C=O) groups excluding carboxylic acids is 3. The second-order valence-electron chi connectivity index (χ2n) is 10.8. The molecule has 3 heterocycles. The molecular formula is C34H37N7O9. The first-order valence-electron chi connectivity index (χ1n) is 15.2. The number of ether oxygens (including phenoxy) is 1. The van der Waals surface area contributed by atoms with Crippen LogP contribution in [-0.4, -0.2) is 49.7 Å². The van der Waals surface area contributed by atoms with E-state index in [0.717, 1.165) is 47.5 Å². The van der Waals surface area contributed by atoms with Gasteiger partial charge in [0.1, 0.15) is 12.4 Å². The van der Waals surface area contributed by atoms with Crippen molar-refractivity contribution in [2.45, 2.75) is 52.9 Å². The molecule has 50 heavy (non-hydrogen) atoms. The van der Waals surface area contributed by atoms with E-state index in [9.17, 15) is 19.5 Å². The van der Waals surface area contributed by atoms with Gasteiger partial charge in [-0.25, -0.2) is 24.5 Å². The number of H-pyrrole nitrogens is 3. The Bertz CT molecular complexity index is 1910. The maximum absolute atomic E-state index is 12.8. The number of carboxylic acids is 3. The van der Waals surface area contributed by atoms with Gasteiger partial charge in [0, 0.05) is 48.4 Å². The number of para-hydroxylation sites is 2. The number of fused-ring (bicyclic) bond motifs is 1. The number of aliphatic carboxylic acids is 3. The van der Waals surface area contributed by atoms with E-state index in [0.29, 0.717) is 17.9 Å². The van der Waals surface area contributed by atoms with Crippen LogP contribution in [0.4, 0.5) is 10.6 Å². The van der Waals surface area contributed by atoms with E-state index in [1.165, 1.54) is 4.57 Å². The molecular weight excluding hydrogens is 650 g/mol. The van der Waals surface area contributed by atoms with Crippen molar-refractivity contribution < 1.29 is 49.2 Å². The number of nitrogens with one attached hydrogen (secondary N) is 5. The van der Waals surface area contributed by atoms with Crippen LogP contribution in [0.5, 0.6) is 0 Å². The summed E-state index contributed by atoms with van der Waals surface area (Å²) in [6.07, 6.45) is 2.29. The lowest BCUT2D eigenvalue weighted by molar-refractivity contribution is -0.390. The highest BCUT2D eigenvalue weighted by Gasteiger charge is 2.20. The largest absolute Gasteiger partial charge is 0.550 e. The van der Waals surface area contributed by atoms with E-state index in [-0.39, 0.29) is 13.2 Å². The van der Waals surface area contributed by atoms with Gasteiger partial charge >= 0.3 is 23.6 Å². The lowest BCUT2D eigenvalue weighted by Crippen LogP contribution is -2.42. The molecule has 0 radical (unpaired) electrons. The number of anilines is 1. The molecule has 0 aliphatic rings. The van der Waals surface area contributed by atoms with Gasteiger partial charge in [-0.05, 0) is 44.5 Å². The highest BCUT2D eigenvalue weighted by atomic mass is 16.5. The molecule has 0 bridgehead atoms. The van der Waals surface area contributed by atoms with Crippen LogP contribution < -0.4 is 36.5 Å². The highest BCUT2D eigenvalue weighted by Crippen LogP contribution is 2.14. The van der Waals surface area contributed by atoms with Gasteiger partial charge in [-0.1, -0.05) is 42.5 Å². The SMILES string of the molecule is CC(=O)[O-].CC(=O)[O-].Cc1cn(CC(CC(=O)O)NC(=O)OCc2ccccc2)c(=O)nc1NCc1ccc(-c2[nH]c3ccccc3[nH+]2)[nH+]c1. The van der Waals surface area contributed by atoms with Crippen LogP contribution in [-0.2, 0) is 38.8 Å². The number of rotatable bonds is 11. The minimum Gasteiger partial charge on any atom is -0.550 e. The lowest BCUT2D eigenvalue weighted by Gasteiger charge is -2.19. The third-order valence-corrected chi connectivity index (χ3v) is 6.60. The molecule has 1 amide bonds. The number of hydrogen-bond donors (Lipinski definition) is 4. The normalized spacial score (nSPS) is 10.8. The number of hydrogen-bond acceptors (Lipinski definition) is 10. The second-order valence-corrected chi connectivity index (χ2v) is 10.8. The molecule has 5 rings (SSSR count). The highest BCUT2D eigenvalue weighted by molar-refractivity contribution is 5.73. The van der Waals surface area contributed by atoms with Gasteiger partial charge in [0.2, 0.25) is 0 Å². The van der Waals surface area contributed by atoms with Gasteiger partial charge < -0.3 is 40.3 Å². The zero-order valence-electron chi connectivity index (χ0n) is 27.5. The van der Waals surface area contributed by atoms with Gasteiger partial charge in [0.25, 0.3) is 5.69 Å². The van der Waals surface area contributed by atoms with Gasteiger partial charge in [-0.2, -0.15) is 4.98 Å². The molecule has 0 saturated carbocycles. The number of carbonyl (C=O) groups is 4. The fourth-order valence-electron chi connectivity index (χ4n) is 4.49. The molecule has 5 aromatic rings. The summed E-state index contributed by atoms with van der Waals surface area (Å²) in [5.74, 6) is -2.02. The molecule has 0 aliphatic heterocycles. The van der Waals surface area contributed by atoms with E-state index in [1.807, 2.05) is 72.9 Å². The maximum atomic E-state index is 12.8. The van der Waals surface area contributed by atoms with Gasteiger partial charge in [-0.3, -0.25) is 9.36 Å². The van der Waals surface area contributed by atoms with Crippen LogP contribution in [0.1, 0.15) is 37.0 Å². The standard InChI is InChI=1S/C30H29N7O5.2C2H4O2/c1-19-16-37(17-22(13-26(38)39)33-30(41)42-18-20-7-3-2-4-8-20)29(40)36-27(19)32-15-21-11-12-25(31-14-21)28-34-23-9-5-6-10-24(23)35-28;2*1-2(3)4/h2-12,14,16,22H,13,15,17-18H2,1H3,(H,33,41)(H,34,35)(H,38,39)(H,32,36,40);2*1H3,(H,3,4). The van der Waals surface area contributed by atoms with Crippen LogP contribution in [0.3, 0.4) is 0 Å². The van der Waals surface area contributed by atoms with Gasteiger partial charge in [-0.15, -0.1) is 0 Å². The molecule has 0 saturated heterocycles. The van der Waals surface area contributed by atoms with Crippen LogP contribution in [0.25, 0.3) is 22.6 Å². The summed E-state index contributed by atoms with van der Waals surface area (Å²) >= 11 is 0. The van der Waals surface area contributed by atoms with E-state index < -0.39 is 42.2 Å². The quantitative estimate of drug-likeness (QED) is 0.146. The van der Waals surface area contributed by atoms with Crippen molar-refractivity contribution in [1.29, 1.82) is 0 Å². The van der Waals surface area contributed by atoms with Crippen LogP contribution >= 0.6 is 0 Å². The minimum atomic E-state index is -1.12. The summed E-state index contributed by atoms with van der Waals surface area (Å²) in [6, 6.07) is 20.1. The van der Waals surface area contributed by atoms with E-state index in [2.05, 4.69) is 30.6 Å². The van der Waals surface area contributed by atoms with Crippen molar-refractivity contribution in [3.8, 4) is 11.5 Å². The number of nitrogens with zero attached hydrogens (tertiary/aromatic N) is 2. The Morgan fingerprint density at radius 1 is 0.980 bits per heavy atom. The van der Waals surface area contributed by atoms with Crippen molar-refractivity contribution in [1.82, 2.24) is 19.9 Å². The zero-order valence-corrected chi connectivity index (χ0v) is 27.5. The van der Waals surface area contributed by atoms with Crippen LogP contribution in [0, 0.1) is 6.92 Å². The third kappa shape index (κ3) is 12.9. The third-order valence-electron chi connectivity index (χ3n) is 6.60. The number of imidazole rings is 1. The Hall–Kier alpha value is -6.58. The molecule has 16 nitrogen and oxygen atoms in total. The summed E-state index contributed by atoms with van der Waals surface area (Å²) in [4.78, 5) is 68.4. The smallest absolute Gasteiger partial charge is 0.407 e. The lowest BCUT2D eigenvalue weighted by atomic mass is 10.2. The molecule has 262 valence electrons. The number of aromatic nitrogens is 5. The summed E-state index contributed by atoms with van der Waals surface area (Å²) < 4.78 is 6.49. The predicted octanol–water partition coefficient (Wildman–Crippen LogP) is 0.222. The van der Waals surface area contributed by atoms with E-state index in [4.69, 9.17) is 24.5 Å². The number of carboxylic acid groups (broad SMARTS) is 3. The molecule has 16 heteroatoms. The first-order valence-corrected chi connectivity index (χ1v) is 15.2. The topological polar surface area (TPSA) is 247 Å². The Kier molecular flexibility index (Phi) is 14.1. The number of alkyl carbamates (subject to hydrolysis) is 1. The fraction of sp³-hybridized carbons (Fsp3) is 0.235. The van der Waals surface area contributed by atoms with Crippen molar-refractivity contribution in [2.75, 3.05) is 5.32 Å². The van der Waals surface area contributed by atoms with Crippen LogP contribution in [0.15, 0.2) is 83.9 Å². The molecule has 6 N–H and O–H groups in total. The van der Waals surface area contributed by atoms with E-state index in [1.54, 1.807) is 13.1 Å². The maximum Gasteiger partial charge on any atom is 0.407 e. The predicted molar refractivity (Wildman–Crippen MR) is 175 cm³/mol. The fourth-order valence-corrected chi connectivity index (χ4v) is 4.49. The molecule has 0 fully saturated rings. The minimum absolute atomic E-state index is 0.0371. The number of pyridine rings is 1. The summed E-state index contributed by atoms with van der Waals surface area (Å²) in [7, 11) is 0. The van der Waals surface area contributed by atoms with Crippen molar-refractivity contribution in [2.24, 2.45) is 0 Å². The Morgan fingerprint density at radius 3 is 2.26 bits per heavy atom. The van der Waals surface area contributed by atoms with Crippen molar-refractivity contribution in [3.63, 3.8) is 0 Å². The molecule has 1 atom stereocenters. The van der Waals surface area contributed by atoms with E-state index >= 15 is 0 Å². The monoisotopic (exact) mass is 687 g/mol. The Morgan fingerprint density at radius 2 is 1.64 bits per heavy atom. The first kappa shape index (κ1) is 37.9. The van der Waals surface area contributed by atoms with Crippen molar-refractivity contribution in [3.05, 3.63) is 106 Å². The number of aromatic amines is 3. The zero-order chi connectivity index (χ0) is 36.6. The summed E-state index contributed by atoms with van der Waals surface area (Å²) in [5, 5.41) is 32.8. The molecule has 1 unspecified atom stereocenters. The molecule has 3 aromatic heterocycles. The average molecular weight is 688 g/mol. The average Bonchev–Trinajstić information content (AvgIpc) is 3.49.